The molecular weight excluding hydrogens is 306 g/mol. The fourth-order valence-corrected chi connectivity index (χ4v) is 2.00. The molecule has 5 nitrogen and oxygen atoms in total. The van der Waals surface area contributed by atoms with Crippen molar-refractivity contribution in [3.05, 3.63) is 22.7 Å². The van der Waals surface area contributed by atoms with Crippen LogP contribution in [0.1, 0.15) is 37.6 Å². The zero-order valence-corrected chi connectivity index (χ0v) is 14.2. The number of carbonyl (C=O) groups excluding carboxylic acids is 1. The fraction of sp³-hybridized carbons (Fsp3) is 0.562. The molecule has 1 aromatic carbocycles. The van der Waals surface area contributed by atoms with E-state index in [0.717, 1.165) is 6.42 Å². The van der Waals surface area contributed by atoms with E-state index in [1.807, 2.05) is 0 Å². The van der Waals surface area contributed by atoms with E-state index in [0.29, 0.717) is 34.6 Å². The van der Waals surface area contributed by atoms with Crippen molar-refractivity contribution >= 4 is 17.5 Å². The molecule has 1 rings (SSSR count). The highest BCUT2D eigenvalue weighted by molar-refractivity contribution is 6.32. The van der Waals surface area contributed by atoms with Crippen molar-refractivity contribution in [2.75, 3.05) is 20.3 Å². The molecule has 2 N–H and O–H groups in total. The van der Waals surface area contributed by atoms with Gasteiger partial charge in [-0.25, -0.2) is 0 Å². The topological polar surface area (TPSA) is 67.8 Å². The summed E-state index contributed by atoms with van der Waals surface area (Å²) in [4.78, 5) is 12.0. The van der Waals surface area contributed by atoms with E-state index in [4.69, 9.17) is 21.1 Å². The molecule has 0 radical (unpaired) electrons. The maximum atomic E-state index is 12.0. The number of aliphatic hydroxyl groups excluding tert-OH is 1. The monoisotopic (exact) mass is 329 g/mol. The smallest absolute Gasteiger partial charge is 0.251 e. The van der Waals surface area contributed by atoms with E-state index >= 15 is 0 Å². The maximum Gasteiger partial charge on any atom is 0.251 e. The van der Waals surface area contributed by atoms with Gasteiger partial charge in [-0.2, -0.15) is 0 Å². The second-order valence-corrected chi connectivity index (χ2v) is 5.99. The molecule has 0 aliphatic heterocycles. The summed E-state index contributed by atoms with van der Waals surface area (Å²) < 4.78 is 10.9. The number of nitrogens with one attached hydrogen (secondary N) is 1. The SMILES string of the molecule is COc1cc(C(=O)NC[C@@H](C)O)cc(Cl)c1OCCC(C)C. The zero-order valence-electron chi connectivity index (χ0n) is 13.5. The van der Waals surface area contributed by atoms with Crippen LogP contribution < -0.4 is 14.8 Å². The van der Waals surface area contributed by atoms with Crippen molar-refractivity contribution in [3.8, 4) is 11.5 Å². The summed E-state index contributed by atoms with van der Waals surface area (Å²) in [5.41, 5.74) is 0.360. The van der Waals surface area contributed by atoms with E-state index in [9.17, 15) is 9.90 Å². The Hall–Kier alpha value is -1.46. The molecule has 124 valence electrons. The summed E-state index contributed by atoms with van der Waals surface area (Å²) in [7, 11) is 1.50. The first-order valence-electron chi connectivity index (χ1n) is 7.31. The highest BCUT2D eigenvalue weighted by Gasteiger charge is 2.16. The van der Waals surface area contributed by atoms with Crippen molar-refractivity contribution in [2.24, 2.45) is 5.92 Å². The lowest BCUT2D eigenvalue weighted by molar-refractivity contribution is 0.0923. The molecule has 22 heavy (non-hydrogen) atoms. The summed E-state index contributed by atoms with van der Waals surface area (Å²) in [6.07, 6.45) is 0.288. The highest BCUT2D eigenvalue weighted by Crippen LogP contribution is 2.36. The number of benzene rings is 1. The van der Waals surface area contributed by atoms with E-state index in [-0.39, 0.29) is 12.5 Å². The van der Waals surface area contributed by atoms with Gasteiger partial charge in [-0.3, -0.25) is 4.79 Å². The van der Waals surface area contributed by atoms with Crippen LogP contribution in [-0.2, 0) is 0 Å². The van der Waals surface area contributed by atoms with Gasteiger partial charge in [0.25, 0.3) is 5.91 Å². The predicted octanol–water partition coefficient (Wildman–Crippen LogP) is 2.88. The van der Waals surface area contributed by atoms with E-state index < -0.39 is 6.10 Å². The third kappa shape index (κ3) is 5.73. The molecule has 6 heteroatoms. The van der Waals surface area contributed by atoms with Gasteiger partial charge in [-0.1, -0.05) is 25.4 Å². The second kappa shape index (κ2) is 8.86. The van der Waals surface area contributed by atoms with Crippen LogP contribution in [0.15, 0.2) is 12.1 Å². The van der Waals surface area contributed by atoms with Crippen molar-refractivity contribution in [2.45, 2.75) is 33.3 Å². The molecule has 0 aromatic heterocycles. The van der Waals surface area contributed by atoms with Gasteiger partial charge in [0.05, 0.1) is 24.8 Å². The van der Waals surface area contributed by atoms with Gasteiger partial charge < -0.3 is 19.9 Å². The lowest BCUT2D eigenvalue weighted by Gasteiger charge is -2.15. The summed E-state index contributed by atoms with van der Waals surface area (Å²) in [6, 6.07) is 3.11. The Bertz CT molecular complexity index is 503. The minimum atomic E-state index is -0.611. The second-order valence-electron chi connectivity index (χ2n) is 5.58. The van der Waals surface area contributed by atoms with E-state index in [1.165, 1.54) is 13.2 Å². The largest absolute Gasteiger partial charge is 0.493 e. The number of halogens is 1. The predicted molar refractivity (Wildman–Crippen MR) is 87.0 cm³/mol. The first-order chi connectivity index (χ1) is 10.3. The minimum absolute atomic E-state index is 0.172. The van der Waals surface area contributed by atoms with Crippen LogP contribution in [0.2, 0.25) is 5.02 Å². The van der Waals surface area contributed by atoms with Crippen molar-refractivity contribution in [1.29, 1.82) is 0 Å². The Labute approximate surface area is 136 Å². The number of methoxy groups -OCH3 is 1. The minimum Gasteiger partial charge on any atom is -0.493 e. The number of hydrogen-bond acceptors (Lipinski definition) is 4. The summed E-state index contributed by atoms with van der Waals surface area (Å²) in [5.74, 6) is 1.06. The normalized spacial score (nSPS) is 12.1. The van der Waals surface area contributed by atoms with E-state index in [2.05, 4.69) is 19.2 Å². The fourth-order valence-electron chi connectivity index (χ4n) is 1.73. The third-order valence-corrected chi connectivity index (χ3v) is 3.27. The van der Waals surface area contributed by atoms with Gasteiger partial charge in [-0.05, 0) is 31.4 Å². The van der Waals surface area contributed by atoms with Gasteiger partial charge in [0, 0.05) is 12.1 Å². The van der Waals surface area contributed by atoms with Crippen molar-refractivity contribution in [1.82, 2.24) is 5.32 Å². The molecule has 1 atom stereocenters. The van der Waals surface area contributed by atoms with Gasteiger partial charge in [-0.15, -0.1) is 0 Å². The molecule has 0 spiro atoms. The quantitative estimate of drug-likeness (QED) is 0.769. The summed E-state index contributed by atoms with van der Waals surface area (Å²) >= 11 is 6.20. The van der Waals surface area contributed by atoms with Crippen LogP contribution in [0, 0.1) is 5.92 Å². The molecule has 0 saturated carbocycles. The molecule has 0 fully saturated rings. The molecule has 1 aromatic rings. The number of hydrogen-bond donors (Lipinski definition) is 2. The van der Waals surface area contributed by atoms with Crippen LogP contribution in [0.4, 0.5) is 0 Å². The van der Waals surface area contributed by atoms with Gasteiger partial charge in [0.2, 0.25) is 0 Å². The first kappa shape index (κ1) is 18.6. The summed E-state index contributed by atoms with van der Waals surface area (Å²) in [6.45, 7) is 6.52. The molecule has 0 saturated heterocycles. The molecule has 0 unspecified atom stereocenters. The van der Waals surface area contributed by atoms with Crippen LogP contribution in [0.3, 0.4) is 0 Å². The number of amides is 1. The first-order valence-corrected chi connectivity index (χ1v) is 7.69. The number of rotatable bonds is 8. The molecule has 0 bridgehead atoms. The van der Waals surface area contributed by atoms with Gasteiger partial charge >= 0.3 is 0 Å². The standard InChI is InChI=1S/C16H24ClNO4/c1-10(2)5-6-22-15-13(17)7-12(8-14(15)21-4)16(20)18-9-11(3)19/h7-8,10-11,19H,5-6,9H2,1-4H3,(H,18,20)/t11-/m1/s1. The van der Waals surface area contributed by atoms with Gasteiger partial charge in [0.15, 0.2) is 11.5 Å². The molecule has 0 heterocycles. The number of carbonyl (C=O) groups is 1. The molecule has 0 aliphatic rings. The van der Waals surface area contributed by atoms with Crippen LogP contribution in [-0.4, -0.2) is 37.4 Å². The molecule has 1 amide bonds. The molecule has 0 aliphatic carbocycles. The average molecular weight is 330 g/mol. The zero-order chi connectivity index (χ0) is 16.7. The maximum absolute atomic E-state index is 12.0. The highest BCUT2D eigenvalue weighted by atomic mass is 35.5. The molecular formula is C16H24ClNO4. The van der Waals surface area contributed by atoms with Gasteiger partial charge in [0.1, 0.15) is 0 Å². The third-order valence-electron chi connectivity index (χ3n) is 2.99. The lowest BCUT2D eigenvalue weighted by atomic mass is 10.1. The van der Waals surface area contributed by atoms with Crippen molar-refractivity contribution in [3.63, 3.8) is 0 Å². The van der Waals surface area contributed by atoms with Crippen LogP contribution in [0.5, 0.6) is 11.5 Å². The Morgan fingerprint density at radius 3 is 2.59 bits per heavy atom. The Kier molecular flexibility index (Phi) is 7.48. The van der Waals surface area contributed by atoms with Crippen LogP contribution in [0.25, 0.3) is 0 Å². The summed E-state index contributed by atoms with van der Waals surface area (Å²) in [5, 5.41) is 12.1. The Morgan fingerprint density at radius 1 is 1.36 bits per heavy atom. The number of aliphatic hydroxyl groups is 1. The van der Waals surface area contributed by atoms with E-state index in [1.54, 1.807) is 13.0 Å². The number of ether oxygens (including phenoxy) is 2. The lowest BCUT2D eigenvalue weighted by Crippen LogP contribution is -2.30. The Balaban J connectivity index is 2.87. The van der Waals surface area contributed by atoms with Crippen molar-refractivity contribution < 1.29 is 19.4 Å². The Morgan fingerprint density at radius 2 is 2.05 bits per heavy atom. The van der Waals surface area contributed by atoms with Crippen LogP contribution >= 0.6 is 11.6 Å². The average Bonchev–Trinajstić information content (AvgIpc) is 2.45.